The van der Waals surface area contributed by atoms with E-state index in [1.807, 2.05) is 24.3 Å². The summed E-state index contributed by atoms with van der Waals surface area (Å²) >= 11 is 0. The first-order valence-electron chi connectivity index (χ1n) is 8.99. The van der Waals surface area contributed by atoms with Crippen LogP contribution in [0.5, 0.6) is 0 Å². The molecule has 0 spiro atoms. The van der Waals surface area contributed by atoms with Gasteiger partial charge in [-0.1, -0.05) is 55.0 Å². The number of amides is 1. The first kappa shape index (κ1) is 16.6. The van der Waals surface area contributed by atoms with Crippen molar-refractivity contribution in [3.63, 3.8) is 0 Å². The van der Waals surface area contributed by atoms with E-state index in [2.05, 4.69) is 29.6 Å². The van der Waals surface area contributed by atoms with Gasteiger partial charge in [0.2, 0.25) is 0 Å². The highest BCUT2D eigenvalue weighted by atomic mass is 16.5. The van der Waals surface area contributed by atoms with Gasteiger partial charge < -0.3 is 15.2 Å². The van der Waals surface area contributed by atoms with Crippen molar-refractivity contribution in [3.8, 4) is 11.1 Å². The summed E-state index contributed by atoms with van der Waals surface area (Å²) in [5.41, 5.74) is 4.59. The molecule has 0 heterocycles. The molecule has 2 aromatic rings. The number of alkyl carbamates (subject to hydrolysis) is 1. The van der Waals surface area contributed by atoms with Crippen LogP contribution in [-0.2, 0) is 9.53 Å². The van der Waals surface area contributed by atoms with Crippen LogP contribution in [0.3, 0.4) is 0 Å². The second-order valence-electron chi connectivity index (χ2n) is 6.98. The summed E-state index contributed by atoms with van der Waals surface area (Å²) in [4.78, 5) is 23.6. The monoisotopic (exact) mass is 351 g/mol. The van der Waals surface area contributed by atoms with Crippen LogP contribution in [0.2, 0.25) is 0 Å². The lowest BCUT2D eigenvalue weighted by Gasteiger charge is -2.31. The minimum Gasteiger partial charge on any atom is -0.480 e. The Morgan fingerprint density at radius 3 is 2.12 bits per heavy atom. The number of rotatable bonds is 5. The summed E-state index contributed by atoms with van der Waals surface area (Å²) < 4.78 is 5.43. The van der Waals surface area contributed by atoms with E-state index >= 15 is 0 Å². The van der Waals surface area contributed by atoms with Gasteiger partial charge in [-0.15, -0.1) is 0 Å². The molecule has 0 aromatic heterocycles. The van der Waals surface area contributed by atoms with E-state index in [0.717, 1.165) is 41.5 Å². The SMILES string of the molecule is O=C(N[C@@H](C(=O)O)C1CCC1)OCC1c2ccccc2-c2ccccc21. The van der Waals surface area contributed by atoms with Crippen LogP contribution < -0.4 is 5.32 Å². The van der Waals surface area contributed by atoms with Gasteiger partial charge in [-0.2, -0.15) is 0 Å². The number of carbonyl (C=O) groups excluding carboxylic acids is 1. The summed E-state index contributed by atoms with van der Waals surface area (Å²) in [5, 5.41) is 11.9. The Morgan fingerprint density at radius 2 is 1.62 bits per heavy atom. The molecule has 2 aliphatic rings. The zero-order valence-electron chi connectivity index (χ0n) is 14.4. The topological polar surface area (TPSA) is 75.6 Å². The van der Waals surface area contributed by atoms with Gasteiger partial charge in [-0.3, -0.25) is 0 Å². The normalized spacial score (nSPS) is 16.9. The Bertz CT molecular complexity index is 798. The quantitative estimate of drug-likeness (QED) is 0.860. The van der Waals surface area contributed by atoms with Crippen molar-refractivity contribution in [2.75, 3.05) is 6.61 Å². The number of carbonyl (C=O) groups is 2. The molecule has 0 aliphatic heterocycles. The average Bonchev–Trinajstić information content (AvgIpc) is 2.92. The maximum absolute atomic E-state index is 12.2. The van der Waals surface area contributed by atoms with Gasteiger partial charge >= 0.3 is 12.1 Å². The second-order valence-corrected chi connectivity index (χ2v) is 6.98. The van der Waals surface area contributed by atoms with E-state index < -0.39 is 18.1 Å². The molecule has 1 amide bonds. The molecule has 5 nitrogen and oxygen atoms in total. The van der Waals surface area contributed by atoms with E-state index in [4.69, 9.17) is 4.74 Å². The largest absolute Gasteiger partial charge is 0.480 e. The van der Waals surface area contributed by atoms with Crippen molar-refractivity contribution in [3.05, 3.63) is 59.7 Å². The van der Waals surface area contributed by atoms with Gasteiger partial charge in [0, 0.05) is 5.92 Å². The van der Waals surface area contributed by atoms with Crippen molar-refractivity contribution in [2.45, 2.75) is 31.2 Å². The van der Waals surface area contributed by atoms with E-state index in [9.17, 15) is 14.7 Å². The van der Waals surface area contributed by atoms with Crippen LogP contribution in [0, 0.1) is 5.92 Å². The first-order valence-corrected chi connectivity index (χ1v) is 8.99. The number of hydrogen-bond donors (Lipinski definition) is 2. The van der Waals surface area contributed by atoms with E-state index in [1.165, 1.54) is 0 Å². The van der Waals surface area contributed by atoms with Crippen molar-refractivity contribution in [1.29, 1.82) is 0 Å². The molecule has 26 heavy (non-hydrogen) atoms. The van der Waals surface area contributed by atoms with E-state index in [-0.39, 0.29) is 18.4 Å². The predicted molar refractivity (Wildman–Crippen MR) is 97.0 cm³/mol. The van der Waals surface area contributed by atoms with Crippen LogP contribution in [-0.4, -0.2) is 29.8 Å². The number of aliphatic carboxylic acids is 1. The fraction of sp³-hybridized carbons (Fsp3) is 0.333. The number of ether oxygens (including phenoxy) is 1. The molecule has 4 rings (SSSR count). The fourth-order valence-electron chi connectivity index (χ4n) is 3.92. The highest BCUT2D eigenvalue weighted by Crippen LogP contribution is 2.44. The molecular weight excluding hydrogens is 330 g/mol. The molecule has 1 atom stereocenters. The Balaban J connectivity index is 1.46. The summed E-state index contributed by atoms with van der Waals surface area (Å²) in [7, 11) is 0. The molecule has 0 bridgehead atoms. The summed E-state index contributed by atoms with van der Waals surface area (Å²) in [6.07, 6.45) is 2.02. The van der Waals surface area contributed by atoms with Gasteiger partial charge in [-0.05, 0) is 41.0 Å². The van der Waals surface area contributed by atoms with Crippen molar-refractivity contribution >= 4 is 12.1 Å². The lowest BCUT2D eigenvalue weighted by molar-refractivity contribution is -0.141. The number of carboxylic acid groups (broad SMARTS) is 1. The van der Waals surface area contributed by atoms with Gasteiger partial charge in [-0.25, -0.2) is 9.59 Å². The van der Waals surface area contributed by atoms with Crippen molar-refractivity contribution in [2.24, 2.45) is 5.92 Å². The molecule has 1 fully saturated rings. The van der Waals surface area contributed by atoms with Gasteiger partial charge in [0.05, 0.1) is 0 Å². The number of fused-ring (bicyclic) bond motifs is 3. The molecule has 0 saturated heterocycles. The summed E-state index contributed by atoms with van der Waals surface area (Å²) in [6.45, 7) is 0.191. The molecule has 134 valence electrons. The maximum atomic E-state index is 12.2. The van der Waals surface area contributed by atoms with Crippen LogP contribution in [0.4, 0.5) is 4.79 Å². The molecule has 2 N–H and O–H groups in total. The lowest BCUT2D eigenvalue weighted by Crippen LogP contribution is -2.48. The Morgan fingerprint density at radius 1 is 1.04 bits per heavy atom. The van der Waals surface area contributed by atoms with E-state index in [0.29, 0.717) is 0 Å². The third-order valence-corrected chi connectivity index (χ3v) is 5.50. The Hall–Kier alpha value is -2.82. The first-order chi connectivity index (χ1) is 12.6. The molecule has 2 aromatic carbocycles. The fourth-order valence-corrected chi connectivity index (χ4v) is 3.92. The Kier molecular flexibility index (Phi) is 4.37. The standard InChI is InChI=1S/C21H21NO4/c23-20(24)19(13-6-5-7-13)22-21(25)26-12-18-16-10-3-1-8-14(16)15-9-2-4-11-17(15)18/h1-4,8-11,13,18-19H,5-7,12H2,(H,22,25)(H,23,24)/t19-/m1/s1. The van der Waals surface area contributed by atoms with Crippen molar-refractivity contribution < 1.29 is 19.4 Å². The third kappa shape index (κ3) is 2.94. The molecular formula is C21H21NO4. The smallest absolute Gasteiger partial charge is 0.407 e. The lowest BCUT2D eigenvalue weighted by atomic mass is 9.80. The maximum Gasteiger partial charge on any atom is 0.407 e. The van der Waals surface area contributed by atoms with Crippen LogP contribution in [0.1, 0.15) is 36.3 Å². The Labute approximate surface area is 152 Å². The third-order valence-electron chi connectivity index (χ3n) is 5.50. The zero-order chi connectivity index (χ0) is 18.1. The summed E-state index contributed by atoms with van der Waals surface area (Å²) in [5.74, 6) is -1.02. The number of benzene rings is 2. The zero-order valence-corrected chi connectivity index (χ0v) is 14.4. The number of hydrogen-bond acceptors (Lipinski definition) is 3. The van der Waals surface area contributed by atoms with Crippen molar-refractivity contribution in [1.82, 2.24) is 5.32 Å². The second kappa shape index (κ2) is 6.83. The van der Waals surface area contributed by atoms with Crippen LogP contribution >= 0.6 is 0 Å². The minimum atomic E-state index is -0.997. The number of nitrogens with one attached hydrogen (secondary N) is 1. The molecule has 0 radical (unpaired) electrons. The minimum absolute atomic E-state index is 0.00739. The van der Waals surface area contributed by atoms with Crippen LogP contribution in [0.25, 0.3) is 11.1 Å². The van der Waals surface area contributed by atoms with Gasteiger partial charge in [0.25, 0.3) is 0 Å². The average molecular weight is 351 g/mol. The van der Waals surface area contributed by atoms with Crippen LogP contribution in [0.15, 0.2) is 48.5 Å². The highest BCUT2D eigenvalue weighted by molar-refractivity contribution is 5.81. The van der Waals surface area contributed by atoms with E-state index in [1.54, 1.807) is 0 Å². The van der Waals surface area contributed by atoms with Gasteiger partial charge in [0.15, 0.2) is 0 Å². The molecule has 1 saturated carbocycles. The molecule has 0 unspecified atom stereocenters. The summed E-state index contributed by atoms with van der Waals surface area (Å²) in [6, 6.07) is 15.4. The highest BCUT2D eigenvalue weighted by Gasteiger charge is 2.35. The molecule has 2 aliphatic carbocycles. The van der Waals surface area contributed by atoms with Gasteiger partial charge in [0.1, 0.15) is 12.6 Å². The number of carboxylic acids is 1. The predicted octanol–water partition coefficient (Wildman–Crippen LogP) is 3.78. The molecule has 5 heteroatoms.